The van der Waals surface area contributed by atoms with Crippen LogP contribution in [0.3, 0.4) is 0 Å². The Kier molecular flexibility index (Phi) is 6.21. The van der Waals surface area contributed by atoms with E-state index < -0.39 is 16.8 Å². The highest BCUT2D eigenvalue weighted by molar-refractivity contribution is 7.84. The van der Waals surface area contributed by atoms with Crippen molar-refractivity contribution in [2.24, 2.45) is 0 Å². The molecule has 0 aliphatic heterocycles. The fourth-order valence-electron chi connectivity index (χ4n) is 3.00. The lowest BCUT2D eigenvalue weighted by Crippen LogP contribution is -2.34. The van der Waals surface area contributed by atoms with Crippen molar-refractivity contribution in [3.8, 4) is 0 Å². The lowest BCUT2D eigenvalue weighted by molar-refractivity contribution is -0.121. The molecule has 0 fully saturated rings. The number of esters is 1. The summed E-state index contributed by atoms with van der Waals surface area (Å²) in [5.74, 6) is -0.880. The van der Waals surface area contributed by atoms with Crippen LogP contribution in [0.4, 0.5) is 5.69 Å². The van der Waals surface area contributed by atoms with Gasteiger partial charge in [-0.3, -0.25) is 9.00 Å². The number of benzene rings is 3. The van der Waals surface area contributed by atoms with Gasteiger partial charge in [-0.25, -0.2) is 4.79 Å². The van der Waals surface area contributed by atoms with Crippen molar-refractivity contribution >= 4 is 39.1 Å². The minimum Gasteiger partial charge on any atom is -0.452 e. The van der Waals surface area contributed by atoms with Crippen molar-refractivity contribution < 1.29 is 18.5 Å². The normalized spacial score (nSPS) is 11.8. The molecule has 0 radical (unpaired) electrons. The number of hydrogen-bond donors (Lipinski definition) is 0. The fourth-order valence-corrected chi connectivity index (χ4v) is 3.52. The maximum Gasteiger partial charge on any atom is 0.338 e. The second kappa shape index (κ2) is 8.80. The number of rotatable bonds is 6. The summed E-state index contributed by atoms with van der Waals surface area (Å²) in [6.45, 7) is 1.99. The van der Waals surface area contributed by atoms with Crippen LogP contribution in [0.2, 0.25) is 0 Å². The number of likely N-dealkylation sites (N-methyl/N-ethyl adjacent to an activating group) is 1. The highest BCUT2D eigenvalue weighted by Crippen LogP contribution is 2.26. The van der Waals surface area contributed by atoms with Gasteiger partial charge < -0.3 is 9.64 Å². The summed E-state index contributed by atoms with van der Waals surface area (Å²) in [6.07, 6.45) is 1.57. The van der Waals surface area contributed by atoms with Gasteiger partial charge in [0.1, 0.15) is 0 Å². The lowest BCUT2D eigenvalue weighted by atomic mass is 10.1. The Hall–Kier alpha value is -2.99. The van der Waals surface area contributed by atoms with E-state index in [0.717, 1.165) is 16.5 Å². The maximum atomic E-state index is 12.7. The molecule has 0 N–H and O–H groups in total. The zero-order valence-corrected chi connectivity index (χ0v) is 16.6. The van der Waals surface area contributed by atoms with Crippen LogP contribution in [0.1, 0.15) is 17.3 Å². The largest absolute Gasteiger partial charge is 0.452 e. The zero-order chi connectivity index (χ0) is 20.1. The molecule has 1 unspecified atom stereocenters. The van der Waals surface area contributed by atoms with Crippen molar-refractivity contribution in [1.29, 1.82) is 0 Å². The Morgan fingerprint density at radius 1 is 0.964 bits per heavy atom. The maximum absolute atomic E-state index is 12.7. The quantitative estimate of drug-likeness (QED) is 0.596. The van der Waals surface area contributed by atoms with Crippen molar-refractivity contribution in [3.05, 3.63) is 72.3 Å². The highest BCUT2D eigenvalue weighted by atomic mass is 32.2. The van der Waals surface area contributed by atoms with Crippen LogP contribution in [-0.2, 0) is 20.3 Å². The number of amides is 1. The molecule has 0 saturated heterocycles. The predicted molar refractivity (Wildman–Crippen MR) is 111 cm³/mol. The smallest absolute Gasteiger partial charge is 0.338 e. The van der Waals surface area contributed by atoms with Crippen LogP contribution < -0.4 is 4.90 Å². The first-order chi connectivity index (χ1) is 13.5. The van der Waals surface area contributed by atoms with Crippen LogP contribution in [-0.4, -0.2) is 35.5 Å². The first-order valence-corrected chi connectivity index (χ1v) is 10.5. The van der Waals surface area contributed by atoms with Crippen molar-refractivity contribution in [3.63, 3.8) is 0 Å². The molecule has 0 bridgehead atoms. The lowest BCUT2D eigenvalue weighted by Gasteiger charge is -2.22. The Balaban J connectivity index is 1.72. The molecule has 0 aliphatic rings. The molecule has 3 rings (SSSR count). The summed E-state index contributed by atoms with van der Waals surface area (Å²) in [5.41, 5.74) is 1.10. The Labute approximate surface area is 166 Å². The molecular formula is C22H21NO4S. The van der Waals surface area contributed by atoms with E-state index in [1.807, 2.05) is 49.4 Å². The number of ether oxygens (including phenoxy) is 1. The second-order valence-corrected chi connectivity index (χ2v) is 7.57. The predicted octanol–water partition coefficient (Wildman–Crippen LogP) is 3.79. The summed E-state index contributed by atoms with van der Waals surface area (Å²) in [6, 6.07) is 19.9. The summed E-state index contributed by atoms with van der Waals surface area (Å²) in [7, 11) is -1.11. The molecule has 3 aromatic rings. The van der Waals surface area contributed by atoms with Crippen LogP contribution >= 0.6 is 0 Å². The van der Waals surface area contributed by atoms with E-state index in [4.69, 9.17) is 4.74 Å². The summed E-state index contributed by atoms with van der Waals surface area (Å²) in [5, 5.41) is 2.01. The second-order valence-electron chi connectivity index (χ2n) is 6.19. The van der Waals surface area contributed by atoms with Gasteiger partial charge >= 0.3 is 5.97 Å². The molecule has 1 amide bonds. The van der Waals surface area contributed by atoms with Crippen molar-refractivity contribution in [2.45, 2.75) is 11.8 Å². The third-order valence-electron chi connectivity index (χ3n) is 4.42. The van der Waals surface area contributed by atoms with Gasteiger partial charge in [-0.15, -0.1) is 0 Å². The van der Waals surface area contributed by atoms with E-state index in [1.165, 1.54) is 0 Å². The molecule has 28 heavy (non-hydrogen) atoms. The number of hydrogen-bond acceptors (Lipinski definition) is 4. The topological polar surface area (TPSA) is 63.7 Å². The summed E-state index contributed by atoms with van der Waals surface area (Å²) in [4.78, 5) is 27.2. The molecule has 5 nitrogen and oxygen atoms in total. The number of carbonyl (C=O) groups is 2. The average Bonchev–Trinajstić information content (AvgIpc) is 2.72. The molecule has 0 aliphatic carbocycles. The fraction of sp³-hybridized carbons (Fsp3) is 0.182. The van der Waals surface area contributed by atoms with Gasteiger partial charge in [-0.1, -0.05) is 36.4 Å². The van der Waals surface area contributed by atoms with Gasteiger partial charge in [0, 0.05) is 33.9 Å². The monoisotopic (exact) mass is 395 g/mol. The Morgan fingerprint density at radius 3 is 2.32 bits per heavy atom. The van der Waals surface area contributed by atoms with Gasteiger partial charge in [-0.05, 0) is 42.6 Å². The molecule has 144 valence electrons. The summed E-state index contributed by atoms with van der Waals surface area (Å²) >= 11 is 0. The molecule has 1 atom stereocenters. The first-order valence-electron chi connectivity index (χ1n) is 8.90. The van der Waals surface area contributed by atoms with E-state index in [-0.39, 0.29) is 12.5 Å². The minimum absolute atomic E-state index is 0.293. The van der Waals surface area contributed by atoms with Crippen molar-refractivity contribution in [2.75, 3.05) is 24.3 Å². The third kappa shape index (κ3) is 4.28. The van der Waals surface area contributed by atoms with Gasteiger partial charge in [-0.2, -0.15) is 0 Å². The number of fused-ring (bicyclic) bond motifs is 1. The Bertz CT molecular complexity index is 1020. The molecule has 0 heterocycles. The number of anilines is 1. The molecule has 6 heteroatoms. The number of carbonyl (C=O) groups excluding carboxylic acids is 2. The minimum atomic E-state index is -1.11. The summed E-state index contributed by atoms with van der Waals surface area (Å²) < 4.78 is 16.6. The van der Waals surface area contributed by atoms with E-state index in [2.05, 4.69) is 0 Å². The van der Waals surface area contributed by atoms with E-state index in [1.54, 1.807) is 35.4 Å². The molecule has 0 spiro atoms. The third-order valence-corrected chi connectivity index (χ3v) is 5.36. The molecule has 0 saturated carbocycles. The Morgan fingerprint density at radius 2 is 1.64 bits per heavy atom. The van der Waals surface area contributed by atoms with Crippen LogP contribution in [0.5, 0.6) is 0 Å². The average molecular weight is 395 g/mol. The van der Waals surface area contributed by atoms with Crippen LogP contribution in [0, 0.1) is 0 Å². The first kappa shape index (κ1) is 19.8. The van der Waals surface area contributed by atoms with Gasteiger partial charge in [0.05, 0.1) is 11.3 Å². The van der Waals surface area contributed by atoms with Gasteiger partial charge in [0.2, 0.25) is 0 Å². The van der Waals surface area contributed by atoms with Crippen LogP contribution in [0.25, 0.3) is 10.8 Å². The number of nitrogens with zero attached hydrogens (tertiary/aromatic N) is 1. The zero-order valence-electron chi connectivity index (χ0n) is 15.8. The highest BCUT2D eigenvalue weighted by Gasteiger charge is 2.18. The molecular weight excluding hydrogens is 374 g/mol. The standard InChI is InChI=1S/C22H21NO4S/c1-3-23(20-10-6-8-16-7-4-5-9-19(16)20)21(24)15-27-22(25)17-11-13-18(14-12-17)28(2)26/h4-14H,3,15H2,1-2H3. The van der Waals surface area contributed by atoms with Crippen molar-refractivity contribution in [1.82, 2.24) is 0 Å². The SMILES string of the molecule is CCN(C(=O)COC(=O)c1ccc(S(C)=O)cc1)c1cccc2ccccc12. The molecule has 0 aromatic heterocycles. The van der Waals surface area contributed by atoms with Crippen LogP contribution in [0.15, 0.2) is 71.6 Å². The van der Waals surface area contributed by atoms with E-state index >= 15 is 0 Å². The van der Waals surface area contributed by atoms with E-state index in [9.17, 15) is 13.8 Å². The van der Waals surface area contributed by atoms with E-state index in [0.29, 0.717) is 17.0 Å². The molecule has 3 aromatic carbocycles. The van der Waals surface area contributed by atoms with Gasteiger partial charge in [0.25, 0.3) is 5.91 Å². The van der Waals surface area contributed by atoms with Gasteiger partial charge in [0.15, 0.2) is 6.61 Å².